The van der Waals surface area contributed by atoms with Crippen LogP contribution in [0.1, 0.15) is 36.0 Å². The fourth-order valence-electron chi connectivity index (χ4n) is 5.56. The van der Waals surface area contributed by atoms with Crippen LogP contribution < -0.4 is 0 Å². The Bertz CT molecular complexity index is 1100. The molecule has 1 aromatic heterocycles. The lowest BCUT2D eigenvalue weighted by Crippen LogP contribution is -2.55. The van der Waals surface area contributed by atoms with Crippen LogP contribution in [-0.2, 0) is 21.6 Å². The third-order valence-electron chi connectivity index (χ3n) is 7.27. The summed E-state index contributed by atoms with van der Waals surface area (Å²) in [6, 6.07) is 19.3. The smallest absolute Gasteiger partial charge is 0.348 e. The van der Waals surface area contributed by atoms with Crippen molar-refractivity contribution in [3.05, 3.63) is 89.7 Å². The van der Waals surface area contributed by atoms with Gasteiger partial charge >= 0.3 is 5.97 Å². The molecule has 1 fully saturated rings. The van der Waals surface area contributed by atoms with Gasteiger partial charge in [-0.3, -0.25) is 4.98 Å². The van der Waals surface area contributed by atoms with Crippen LogP contribution in [0, 0.1) is 0 Å². The Balaban J connectivity index is 1.29. The van der Waals surface area contributed by atoms with E-state index in [2.05, 4.69) is 24.2 Å². The number of hydrogen-bond donors (Lipinski definition) is 1. The molecule has 2 atom stereocenters. The van der Waals surface area contributed by atoms with Crippen molar-refractivity contribution < 1.29 is 19.1 Å². The molecule has 170 valence electrons. The molecule has 0 saturated carbocycles. The number of carbonyl (C=O) groups excluding carboxylic acids is 1. The van der Waals surface area contributed by atoms with Gasteiger partial charge in [0.15, 0.2) is 6.10 Å². The fraction of sp³-hybridized carbons (Fsp3) is 0.357. The van der Waals surface area contributed by atoms with Gasteiger partial charge in [-0.15, -0.1) is 0 Å². The lowest BCUT2D eigenvalue weighted by molar-refractivity contribution is -0.917. The minimum atomic E-state index is -1.75. The molecule has 5 heteroatoms. The zero-order valence-electron chi connectivity index (χ0n) is 19.1. The minimum absolute atomic E-state index is 0.193. The second-order valence-corrected chi connectivity index (χ2v) is 9.68. The van der Waals surface area contributed by atoms with E-state index < -0.39 is 11.6 Å². The summed E-state index contributed by atoms with van der Waals surface area (Å²) in [4.78, 5) is 17.6. The summed E-state index contributed by atoms with van der Waals surface area (Å²) in [7, 11) is 2.25. The molecule has 5 nitrogen and oxygen atoms in total. The van der Waals surface area contributed by atoms with Gasteiger partial charge in [-0.1, -0.05) is 48.5 Å². The van der Waals surface area contributed by atoms with Crippen molar-refractivity contribution >= 4 is 5.97 Å². The first-order chi connectivity index (χ1) is 16.0. The van der Waals surface area contributed by atoms with Crippen molar-refractivity contribution in [2.24, 2.45) is 0 Å². The Morgan fingerprint density at radius 1 is 1.06 bits per heavy atom. The van der Waals surface area contributed by atoms with Crippen LogP contribution in [0.25, 0.3) is 11.1 Å². The summed E-state index contributed by atoms with van der Waals surface area (Å²) < 4.78 is 6.92. The molecule has 1 aliphatic heterocycles. The highest BCUT2D eigenvalue weighted by Crippen LogP contribution is 2.48. The van der Waals surface area contributed by atoms with E-state index in [9.17, 15) is 9.90 Å². The van der Waals surface area contributed by atoms with E-state index >= 15 is 0 Å². The van der Waals surface area contributed by atoms with Gasteiger partial charge in [-0.25, -0.2) is 4.79 Å². The number of benzene rings is 2. The van der Waals surface area contributed by atoms with Crippen LogP contribution in [-0.4, -0.2) is 53.3 Å². The summed E-state index contributed by atoms with van der Waals surface area (Å²) in [6.07, 6.45) is 7.43. The summed E-state index contributed by atoms with van der Waals surface area (Å²) >= 11 is 0. The third kappa shape index (κ3) is 4.07. The summed E-state index contributed by atoms with van der Waals surface area (Å²) in [5, 5.41) is 11.7. The van der Waals surface area contributed by atoms with Gasteiger partial charge in [-0.05, 0) is 41.7 Å². The lowest BCUT2D eigenvalue weighted by Gasteiger charge is -2.41. The van der Waals surface area contributed by atoms with Crippen molar-refractivity contribution in [2.75, 3.05) is 26.7 Å². The maximum Gasteiger partial charge on any atom is 0.348 e. The maximum atomic E-state index is 13.5. The number of esters is 1. The molecule has 0 radical (unpaired) electrons. The number of quaternary nitrogens is 1. The normalized spacial score (nSPS) is 22.9. The summed E-state index contributed by atoms with van der Waals surface area (Å²) in [5.74, 6) is -0.560. The van der Waals surface area contributed by atoms with Crippen LogP contribution in [0.5, 0.6) is 0 Å². The Morgan fingerprint density at radius 2 is 1.70 bits per heavy atom. The zero-order valence-corrected chi connectivity index (χ0v) is 19.1. The zero-order chi connectivity index (χ0) is 22.9. The number of piperidine rings is 1. The van der Waals surface area contributed by atoms with Crippen LogP contribution in [0.15, 0.2) is 73.1 Å². The van der Waals surface area contributed by atoms with Gasteiger partial charge in [0.05, 0.1) is 20.1 Å². The molecule has 33 heavy (non-hydrogen) atoms. The molecule has 2 heterocycles. The average molecular weight is 444 g/mol. The molecular weight excluding hydrogens is 412 g/mol. The Morgan fingerprint density at radius 3 is 2.36 bits per heavy atom. The maximum absolute atomic E-state index is 13.5. The monoisotopic (exact) mass is 443 g/mol. The summed E-state index contributed by atoms with van der Waals surface area (Å²) in [5.41, 5.74) is 2.57. The average Bonchev–Trinajstić information content (AvgIpc) is 3.10. The van der Waals surface area contributed by atoms with Gasteiger partial charge in [-0.2, -0.15) is 0 Å². The van der Waals surface area contributed by atoms with E-state index in [1.807, 2.05) is 60.9 Å². The van der Waals surface area contributed by atoms with E-state index in [0.29, 0.717) is 11.1 Å². The van der Waals surface area contributed by atoms with E-state index in [0.717, 1.165) is 60.9 Å². The molecule has 1 aliphatic carbocycles. The highest BCUT2D eigenvalue weighted by molar-refractivity contribution is 5.96. The quantitative estimate of drug-likeness (QED) is 0.461. The van der Waals surface area contributed by atoms with Gasteiger partial charge in [0, 0.05) is 36.4 Å². The van der Waals surface area contributed by atoms with Gasteiger partial charge in [0.1, 0.15) is 6.54 Å². The number of fused-ring (bicyclic) bond motifs is 3. The number of rotatable bonds is 6. The number of carbonyl (C=O) groups is 1. The van der Waals surface area contributed by atoms with Crippen LogP contribution in [0.4, 0.5) is 0 Å². The van der Waals surface area contributed by atoms with E-state index in [4.69, 9.17) is 4.74 Å². The van der Waals surface area contributed by atoms with Gasteiger partial charge in [0.2, 0.25) is 5.60 Å². The molecule has 3 aromatic rings. The van der Waals surface area contributed by atoms with Crippen LogP contribution in [0.2, 0.25) is 0 Å². The fourth-order valence-corrected chi connectivity index (χ4v) is 5.56. The van der Waals surface area contributed by atoms with Crippen LogP contribution >= 0.6 is 0 Å². The molecule has 1 N–H and O–H groups in total. The highest BCUT2D eigenvalue weighted by atomic mass is 16.6. The SMILES string of the molecule is C[N+]1(CCCc2ccncc2)CCCC(OC(=O)C2(O)c3ccccc3-c3ccccc32)C1. The number of aliphatic hydroxyl groups is 1. The number of likely N-dealkylation sites (N-methyl/N-ethyl adjacent to an activating group) is 1. The summed E-state index contributed by atoms with van der Waals surface area (Å²) in [6.45, 7) is 2.90. The minimum Gasteiger partial charge on any atom is -0.454 e. The van der Waals surface area contributed by atoms with Gasteiger partial charge < -0.3 is 14.3 Å². The van der Waals surface area contributed by atoms with E-state index in [-0.39, 0.29) is 6.10 Å². The molecule has 5 rings (SSSR count). The predicted octanol–water partition coefficient (Wildman–Crippen LogP) is 4.08. The molecule has 0 spiro atoms. The van der Waals surface area contributed by atoms with E-state index in [1.54, 1.807) is 0 Å². The van der Waals surface area contributed by atoms with E-state index in [1.165, 1.54) is 5.56 Å². The first-order valence-electron chi connectivity index (χ1n) is 11.8. The standard InChI is InChI=1S/C28H31N2O3/c1-30(18-6-8-21-14-16-29-17-15-21)19-7-9-22(20-30)33-27(31)28(32)25-12-4-2-10-23(25)24-11-3-5-13-26(24)28/h2-5,10-17,22,32H,6-9,18-20H2,1H3/q+1. The molecule has 1 saturated heterocycles. The predicted molar refractivity (Wildman–Crippen MR) is 127 cm³/mol. The van der Waals surface area contributed by atoms with Gasteiger partial charge in [0.25, 0.3) is 0 Å². The van der Waals surface area contributed by atoms with Crippen molar-refractivity contribution in [3.8, 4) is 11.1 Å². The number of aryl methyl sites for hydroxylation is 1. The molecular formula is C28H31N2O3+. The molecule has 2 aliphatic rings. The largest absolute Gasteiger partial charge is 0.454 e. The molecule has 2 unspecified atom stereocenters. The van der Waals surface area contributed by atoms with Crippen molar-refractivity contribution in [1.82, 2.24) is 4.98 Å². The first kappa shape index (κ1) is 21.8. The molecule has 0 amide bonds. The Hall–Kier alpha value is -3.02. The molecule has 2 aromatic carbocycles. The topological polar surface area (TPSA) is 59.4 Å². The number of nitrogens with zero attached hydrogens (tertiary/aromatic N) is 2. The molecule has 0 bridgehead atoms. The number of pyridine rings is 1. The second-order valence-electron chi connectivity index (χ2n) is 9.68. The van der Waals surface area contributed by atoms with Crippen LogP contribution in [0.3, 0.4) is 0 Å². The Labute approximate surface area is 195 Å². The van der Waals surface area contributed by atoms with Crippen molar-refractivity contribution in [3.63, 3.8) is 0 Å². The number of aromatic nitrogens is 1. The second kappa shape index (κ2) is 8.73. The number of hydrogen-bond acceptors (Lipinski definition) is 4. The van der Waals surface area contributed by atoms with Crippen molar-refractivity contribution in [2.45, 2.75) is 37.4 Å². The number of ether oxygens (including phenoxy) is 1. The number of likely N-dealkylation sites (tertiary alicyclic amines) is 1. The lowest BCUT2D eigenvalue weighted by atomic mass is 9.91. The highest BCUT2D eigenvalue weighted by Gasteiger charge is 2.50. The van der Waals surface area contributed by atoms with Crippen molar-refractivity contribution in [1.29, 1.82) is 0 Å². The first-order valence-corrected chi connectivity index (χ1v) is 11.8. The third-order valence-corrected chi connectivity index (χ3v) is 7.27. The Kier molecular flexibility index (Phi) is 5.77.